The number of hydrogen-bond acceptors (Lipinski definition) is 5. The van der Waals surface area contributed by atoms with E-state index in [4.69, 9.17) is 24.4 Å². The van der Waals surface area contributed by atoms with E-state index in [0.29, 0.717) is 40.5 Å². The minimum atomic E-state index is 0.605. The lowest BCUT2D eigenvalue weighted by Gasteiger charge is -2.24. The summed E-state index contributed by atoms with van der Waals surface area (Å²) in [6.45, 7) is 0. The van der Waals surface area contributed by atoms with Gasteiger partial charge in [0.05, 0.1) is 16.7 Å². The van der Waals surface area contributed by atoms with E-state index < -0.39 is 0 Å². The van der Waals surface area contributed by atoms with Crippen LogP contribution < -0.4 is 9.47 Å². The van der Waals surface area contributed by atoms with Gasteiger partial charge in [0.15, 0.2) is 40.5 Å². The Balaban J connectivity index is 1.02. The van der Waals surface area contributed by atoms with Crippen molar-refractivity contribution in [1.29, 1.82) is 0 Å². The van der Waals surface area contributed by atoms with Gasteiger partial charge in [-0.05, 0) is 53.6 Å². The fraction of sp³-hybridized carbons (Fsp3) is 0. The normalized spacial score (nSPS) is 11.8. The van der Waals surface area contributed by atoms with E-state index in [1.807, 2.05) is 97.1 Å². The molecule has 0 atom stereocenters. The quantitative estimate of drug-likeness (QED) is 0.184. The van der Waals surface area contributed by atoms with Crippen molar-refractivity contribution in [2.45, 2.75) is 0 Å². The van der Waals surface area contributed by atoms with Gasteiger partial charge in [0.1, 0.15) is 0 Å². The highest BCUT2D eigenvalue weighted by Crippen LogP contribution is 2.50. The minimum Gasteiger partial charge on any atom is -0.449 e. The van der Waals surface area contributed by atoms with E-state index in [1.54, 1.807) is 0 Å². The fourth-order valence-electron chi connectivity index (χ4n) is 6.90. The lowest BCUT2D eigenvalue weighted by atomic mass is 10.0. The molecule has 240 valence electrons. The van der Waals surface area contributed by atoms with Crippen LogP contribution in [0, 0.1) is 0 Å². The van der Waals surface area contributed by atoms with E-state index in [1.165, 1.54) is 10.8 Å². The van der Waals surface area contributed by atoms with Crippen molar-refractivity contribution >= 4 is 21.8 Å². The SMILES string of the molecule is c1ccc(-c2nc(-c3ccccc3)nc(-c3cccc(-c4ccc5c(c4)Oc4cccc(-n6c7ccccc7c7ccccc76)c4O5)c3)n2)cc1. The Bertz CT molecular complexity index is 2650. The second-order valence-electron chi connectivity index (χ2n) is 12.5. The van der Waals surface area contributed by atoms with Gasteiger partial charge >= 0.3 is 0 Å². The predicted molar refractivity (Wildman–Crippen MR) is 202 cm³/mol. The van der Waals surface area contributed by atoms with Crippen molar-refractivity contribution in [1.82, 2.24) is 19.5 Å². The first-order chi connectivity index (χ1) is 25.3. The second kappa shape index (κ2) is 11.8. The Morgan fingerprint density at radius 2 is 0.882 bits per heavy atom. The van der Waals surface area contributed by atoms with Crippen molar-refractivity contribution in [3.8, 4) is 74.0 Å². The highest BCUT2D eigenvalue weighted by Gasteiger charge is 2.25. The van der Waals surface area contributed by atoms with Crippen molar-refractivity contribution in [3.05, 3.63) is 170 Å². The van der Waals surface area contributed by atoms with Crippen LogP contribution in [0.2, 0.25) is 0 Å². The molecular weight excluding hydrogens is 629 g/mol. The topological polar surface area (TPSA) is 62.1 Å². The molecule has 51 heavy (non-hydrogen) atoms. The lowest BCUT2D eigenvalue weighted by molar-refractivity contribution is 0.359. The van der Waals surface area contributed by atoms with Crippen LogP contribution in [0.15, 0.2) is 170 Å². The number of hydrogen-bond donors (Lipinski definition) is 0. The van der Waals surface area contributed by atoms with Gasteiger partial charge in [-0.3, -0.25) is 0 Å². The zero-order valence-corrected chi connectivity index (χ0v) is 27.3. The number of aromatic nitrogens is 4. The summed E-state index contributed by atoms with van der Waals surface area (Å²) >= 11 is 0. The molecule has 6 heteroatoms. The van der Waals surface area contributed by atoms with Gasteiger partial charge in [-0.2, -0.15) is 0 Å². The first-order valence-corrected chi connectivity index (χ1v) is 16.9. The van der Waals surface area contributed by atoms with Crippen molar-refractivity contribution in [3.63, 3.8) is 0 Å². The van der Waals surface area contributed by atoms with Crippen molar-refractivity contribution in [2.24, 2.45) is 0 Å². The fourth-order valence-corrected chi connectivity index (χ4v) is 6.90. The van der Waals surface area contributed by atoms with Crippen LogP contribution >= 0.6 is 0 Å². The van der Waals surface area contributed by atoms with Crippen LogP contribution in [0.25, 0.3) is 72.8 Å². The zero-order chi connectivity index (χ0) is 33.7. The average Bonchev–Trinajstić information content (AvgIpc) is 3.54. The summed E-state index contributed by atoms with van der Waals surface area (Å²) in [4.78, 5) is 14.7. The minimum absolute atomic E-state index is 0.605. The molecule has 1 aliphatic rings. The van der Waals surface area contributed by atoms with Crippen LogP contribution in [0.4, 0.5) is 0 Å². The molecule has 0 radical (unpaired) electrons. The van der Waals surface area contributed by atoms with Gasteiger partial charge in [0, 0.05) is 27.5 Å². The maximum absolute atomic E-state index is 6.65. The smallest absolute Gasteiger partial charge is 0.194 e. The van der Waals surface area contributed by atoms with Gasteiger partial charge in [-0.25, -0.2) is 15.0 Å². The molecule has 1 aliphatic heterocycles. The third-order valence-electron chi connectivity index (χ3n) is 9.31. The number of fused-ring (bicyclic) bond motifs is 5. The summed E-state index contributed by atoms with van der Waals surface area (Å²) in [5.41, 5.74) is 7.90. The molecule has 0 aliphatic carbocycles. The molecule has 3 heterocycles. The Kier molecular flexibility index (Phi) is 6.70. The molecule has 0 saturated heterocycles. The third-order valence-corrected chi connectivity index (χ3v) is 9.31. The number of para-hydroxylation sites is 3. The Hall–Kier alpha value is -7.05. The standard InChI is InChI=1S/C45H28N4O2/c1-3-13-29(14-4-1)43-46-44(30-15-5-2-6-16-30)48-45(47-43)33-18-11-17-31(27-33)32-25-26-39-41(28-32)50-40-24-12-23-38(42(40)51-39)49-36-21-9-7-19-34(36)35-20-8-10-22-37(35)49/h1-28H. The van der Waals surface area contributed by atoms with Gasteiger partial charge in [0.25, 0.3) is 0 Å². The third kappa shape index (κ3) is 5.01. The Morgan fingerprint density at radius 1 is 0.353 bits per heavy atom. The summed E-state index contributed by atoms with van der Waals surface area (Å²) in [5, 5.41) is 2.39. The molecule has 10 rings (SSSR count). The van der Waals surface area contributed by atoms with Crippen LogP contribution in [0.1, 0.15) is 0 Å². The second-order valence-corrected chi connectivity index (χ2v) is 12.5. The van der Waals surface area contributed by atoms with Crippen LogP contribution in [-0.2, 0) is 0 Å². The summed E-state index contributed by atoms with van der Waals surface area (Å²) in [6.07, 6.45) is 0. The molecule has 0 N–H and O–H groups in total. The Morgan fingerprint density at radius 3 is 1.55 bits per heavy atom. The summed E-state index contributed by atoms with van der Waals surface area (Å²) in [6, 6.07) is 57.3. The number of rotatable bonds is 5. The van der Waals surface area contributed by atoms with Gasteiger partial charge < -0.3 is 14.0 Å². The van der Waals surface area contributed by atoms with E-state index in [2.05, 4.69) is 77.4 Å². The molecule has 0 amide bonds. The Labute approximate surface area is 293 Å². The number of nitrogens with zero attached hydrogens (tertiary/aromatic N) is 4. The molecular formula is C45H28N4O2. The number of ether oxygens (including phenoxy) is 2. The molecule has 6 nitrogen and oxygen atoms in total. The maximum Gasteiger partial charge on any atom is 0.194 e. The monoisotopic (exact) mass is 656 g/mol. The average molecular weight is 657 g/mol. The molecule has 7 aromatic carbocycles. The zero-order valence-electron chi connectivity index (χ0n) is 27.3. The van der Waals surface area contributed by atoms with E-state index in [0.717, 1.165) is 44.5 Å². The summed E-state index contributed by atoms with van der Waals surface area (Å²) in [7, 11) is 0. The van der Waals surface area contributed by atoms with Crippen molar-refractivity contribution in [2.75, 3.05) is 0 Å². The van der Waals surface area contributed by atoms with Gasteiger partial charge in [-0.1, -0.05) is 127 Å². The van der Waals surface area contributed by atoms with E-state index in [9.17, 15) is 0 Å². The molecule has 9 aromatic rings. The molecule has 0 spiro atoms. The molecule has 2 aromatic heterocycles. The van der Waals surface area contributed by atoms with E-state index in [-0.39, 0.29) is 0 Å². The highest BCUT2D eigenvalue weighted by atomic mass is 16.6. The van der Waals surface area contributed by atoms with Crippen molar-refractivity contribution < 1.29 is 9.47 Å². The van der Waals surface area contributed by atoms with E-state index >= 15 is 0 Å². The van der Waals surface area contributed by atoms with Crippen LogP contribution in [-0.4, -0.2) is 19.5 Å². The van der Waals surface area contributed by atoms with Gasteiger partial charge in [0.2, 0.25) is 0 Å². The summed E-state index contributed by atoms with van der Waals surface area (Å²) in [5.74, 6) is 4.53. The number of benzene rings is 7. The molecule has 0 bridgehead atoms. The molecule has 0 fully saturated rings. The molecule has 0 unspecified atom stereocenters. The highest BCUT2D eigenvalue weighted by molar-refractivity contribution is 6.09. The predicted octanol–water partition coefficient (Wildman–Crippen LogP) is 11.5. The first-order valence-electron chi connectivity index (χ1n) is 16.9. The first kappa shape index (κ1) is 28.9. The maximum atomic E-state index is 6.65. The lowest BCUT2D eigenvalue weighted by Crippen LogP contribution is -2.04. The van der Waals surface area contributed by atoms with Crippen LogP contribution in [0.3, 0.4) is 0 Å². The molecule has 0 saturated carbocycles. The largest absolute Gasteiger partial charge is 0.449 e. The van der Waals surface area contributed by atoms with Gasteiger partial charge in [-0.15, -0.1) is 0 Å². The van der Waals surface area contributed by atoms with Crippen LogP contribution in [0.5, 0.6) is 23.0 Å². The summed E-state index contributed by atoms with van der Waals surface area (Å²) < 4.78 is 15.5.